The lowest BCUT2D eigenvalue weighted by Gasteiger charge is -2.09. The zero-order valence-corrected chi connectivity index (χ0v) is 9.06. The Morgan fingerprint density at radius 3 is 2.47 bits per heavy atom. The number of aryl methyl sites for hydroxylation is 1. The fourth-order valence-corrected chi connectivity index (χ4v) is 0.837. The second-order valence-corrected chi connectivity index (χ2v) is 3.22. The number of nitrogens with zero attached hydrogens (tertiary/aromatic N) is 3. The molecular weight excluding hydrogens is 194 g/mol. The molecule has 0 atom stereocenters. The molecule has 6 heteroatoms. The third-order valence-electron chi connectivity index (χ3n) is 1.64. The minimum Gasteiger partial charge on any atom is -0.444 e. The van der Waals surface area contributed by atoms with Crippen molar-refractivity contribution in [1.82, 2.24) is 4.90 Å². The fraction of sp³-hybridized carbons (Fsp3) is 0.333. The number of hydrogen-bond acceptors (Lipinski definition) is 2. The Morgan fingerprint density at radius 1 is 1.33 bits per heavy atom. The lowest BCUT2D eigenvalue weighted by atomic mass is 10.5. The van der Waals surface area contributed by atoms with E-state index in [1.807, 2.05) is 6.92 Å². The number of aliphatic imine (C=N–C) groups is 2. The number of hydrogen-bond donors (Lipinski definition) is 2. The molecule has 0 fully saturated rings. The lowest BCUT2D eigenvalue weighted by Crippen LogP contribution is -2.32. The van der Waals surface area contributed by atoms with Crippen LogP contribution in [0.2, 0.25) is 0 Å². The van der Waals surface area contributed by atoms with E-state index in [1.54, 1.807) is 31.1 Å². The molecule has 0 bridgehead atoms. The smallest absolute Gasteiger partial charge is 0.226 e. The highest BCUT2D eigenvalue weighted by atomic mass is 16.4. The predicted molar refractivity (Wildman–Crippen MR) is 60.0 cm³/mol. The molecule has 0 aliphatic carbocycles. The molecule has 0 aliphatic rings. The Labute approximate surface area is 88.3 Å². The highest BCUT2D eigenvalue weighted by Crippen LogP contribution is 2.15. The zero-order valence-electron chi connectivity index (χ0n) is 9.06. The molecule has 1 aromatic heterocycles. The maximum atomic E-state index is 5.56. The van der Waals surface area contributed by atoms with Gasteiger partial charge in [0.25, 0.3) is 0 Å². The fourth-order valence-electron chi connectivity index (χ4n) is 0.837. The molecule has 0 aliphatic heterocycles. The molecule has 1 rings (SSSR count). The van der Waals surface area contributed by atoms with Gasteiger partial charge in [0.2, 0.25) is 11.8 Å². The topological polar surface area (TPSA) is 93.1 Å². The number of nitrogens with two attached hydrogens (primary N) is 2. The largest absolute Gasteiger partial charge is 0.444 e. The summed E-state index contributed by atoms with van der Waals surface area (Å²) in [5.41, 5.74) is 11.1. The van der Waals surface area contributed by atoms with Crippen LogP contribution in [0.4, 0.5) is 5.88 Å². The Balaban J connectivity index is 2.81. The highest BCUT2D eigenvalue weighted by Gasteiger charge is 1.99. The van der Waals surface area contributed by atoms with Crippen LogP contribution in [0.5, 0.6) is 0 Å². The van der Waals surface area contributed by atoms with Crippen LogP contribution >= 0.6 is 0 Å². The minimum absolute atomic E-state index is 0.0653. The van der Waals surface area contributed by atoms with Crippen LogP contribution in [0.25, 0.3) is 0 Å². The first-order valence-electron chi connectivity index (χ1n) is 4.41. The monoisotopic (exact) mass is 209 g/mol. The summed E-state index contributed by atoms with van der Waals surface area (Å²) in [7, 11) is 3.53. The van der Waals surface area contributed by atoms with E-state index in [4.69, 9.17) is 15.9 Å². The lowest BCUT2D eigenvalue weighted by molar-refractivity contribution is 0.544. The molecule has 0 aromatic carbocycles. The minimum atomic E-state index is 0.0653. The first-order valence-corrected chi connectivity index (χ1v) is 4.41. The van der Waals surface area contributed by atoms with Gasteiger partial charge in [-0.25, -0.2) is 0 Å². The third-order valence-corrected chi connectivity index (χ3v) is 1.64. The van der Waals surface area contributed by atoms with E-state index >= 15 is 0 Å². The summed E-state index contributed by atoms with van der Waals surface area (Å²) in [6.45, 7) is 1.83. The van der Waals surface area contributed by atoms with E-state index < -0.39 is 0 Å². The van der Waals surface area contributed by atoms with Crippen molar-refractivity contribution >= 4 is 17.8 Å². The SMILES string of the molecule is Cc1ccc(N=C(N)N=C(N)N(C)C)o1. The van der Waals surface area contributed by atoms with E-state index in [0.717, 1.165) is 5.76 Å². The van der Waals surface area contributed by atoms with Gasteiger partial charge in [-0.1, -0.05) is 0 Å². The molecule has 15 heavy (non-hydrogen) atoms. The van der Waals surface area contributed by atoms with Gasteiger partial charge < -0.3 is 20.8 Å². The maximum Gasteiger partial charge on any atom is 0.226 e. The van der Waals surface area contributed by atoms with Gasteiger partial charge >= 0.3 is 0 Å². The number of guanidine groups is 2. The average Bonchev–Trinajstić information content (AvgIpc) is 2.50. The van der Waals surface area contributed by atoms with Crippen LogP contribution in [0.15, 0.2) is 26.5 Å². The summed E-state index contributed by atoms with van der Waals surface area (Å²) in [5, 5.41) is 0. The van der Waals surface area contributed by atoms with Gasteiger partial charge in [-0.15, -0.1) is 0 Å². The molecule has 0 saturated carbocycles. The van der Waals surface area contributed by atoms with Gasteiger partial charge in [0.1, 0.15) is 5.76 Å². The number of furan rings is 1. The van der Waals surface area contributed by atoms with Gasteiger partial charge in [0.15, 0.2) is 5.96 Å². The highest BCUT2D eigenvalue weighted by molar-refractivity contribution is 5.93. The average molecular weight is 209 g/mol. The van der Waals surface area contributed by atoms with Crippen LogP contribution in [-0.2, 0) is 0 Å². The van der Waals surface area contributed by atoms with E-state index in [-0.39, 0.29) is 5.96 Å². The van der Waals surface area contributed by atoms with Crippen LogP contribution in [0, 0.1) is 6.92 Å². The van der Waals surface area contributed by atoms with Gasteiger partial charge in [-0.3, -0.25) is 0 Å². The van der Waals surface area contributed by atoms with Crippen LogP contribution in [0.3, 0.4) is 0 Å². The van der Waals surface area contributed by atoms with Crippen molar-refractivity contribution < 1.29 is 4.42 Å². The van der Waals surface area contributed by atoms with Crippen molar-refractivity contribution in [2.24, 2.45) is 21.5 Å². The Bertz CT molecular complexity index is 391. The molecule has 0 unspecified atom stereocenters. The van der Waals surface area contributed by atoms with E-state index in [1.165, 1.54) is 0 Å². The molecule has 4 N–H and O–H groups in total. The van der Waals surface area contributed by atoms with Crippen molar-refractivity contribution in [3.63, 3.8) is 0 Å². The molecule has 1 aromatic rings. The van der Waals surface area contributed by atoms with Crippen molar-refractivity contribution in [2.45, 2.75) is 6.92 Å². The van der Waals surface area contributed by atoms with Gasteiger partial charge in [0, 0.05) is 20.2 Å². The van der Waals surface area contributed by atoms with Crippen molar-refractivity contribution in [3.8, 4) is 0 Å². The third kappa shape index (κ3) is 3.34. The van der Waals surface area contributed by atoms with Gasteiger partial charge in [-0.2, -0.15) is 9.98 Å². The van der Waals surface area contributed by atoms with Crippen LogP contribution < -0.4 is 11.5 Å². The summed E-state index contributed by atoms with van der Waals surface area (Å²) in [6, 6.07) is 3.51. The standard InChI is InChI=1S/C9H15N5O/c1-6-4-5-7(15-6)12-8(10)13-9(11)14(2)3/h4-5H,1-3H3,(H4,10,11,12,13). The maximum absolute atomic E-state index is 5.56. The van der Waals surface area contributed by atoms with Crippen molar-refractivity contribution in [1.29, 1.82) is 0 Å². The molecular formula is C9H15N5O. The molecule has 0 radical (unpaired) electrons. The first kappa shape index (κ1) is 11.1. The quantitative estimate of drug-likeness (QED) is 0.517. The predicted octanol–water partition coefficient (Wildman–Crippen LogP) is 0.411. The van der Waals surface area contributed by atoms with E-state index in [2.05, 4.69) is 9.98 Å². The number of rotatable bonds is 1. The summed E-state index contributed by atoms with van der Waals surface area (Å²) in [4.78, 5) is 9.44. The molecule has 0 spiro atoms. The summed E-state index contributed by atoms with van der Waals surface area (Å²) in [6.07, 6.45) is 0. The van der Waals surface area contributed by atoms with E-state index in [0.29, 0.717) is 11.8 Å². The Hall–Kier alpha value is -1.98. The van der Waals surface area contributed by atoms with Gasteiger partial charge in [0.05, 0.1) is 0 Å². The summed E-state index contributed by atoms with van der Waals surface area (Å²) < 4.78 is 5.21. The Morgan fingerprint density at radius 2 is 2.00 bits per heavy atom. The second kappa shape index (κ2) is 4.50. The summed E-state index contributed by atoms with van der Waals surface area (Å²) >= 11 is 0. The normalized spacial score (nSPS) is 13.0. The van der Waals surface area contributed by atoms with Crippen LogP contribution in [0.1, 0.15) is 5.76 Å². The summed E-state index contributed by atoms with van der Waals surface area (Å²) in [5.74, 6) is 1.54. The molecule has 82 valence electrons. The zero-order chi connectivity index (χ0) is 11.4. The Kier molecular flexibility index (Phi) is 3.33. The van der Waals surface area contributed by atoms with Crippen molar-refractivity contribution in [2.75, 3.05) is 14.1 Å². The molecule has 0 amide bonds. The van der Waals surface area contributed by atoms with Crippen LogP contribution in [-0.4, -0.2) is 30.9 Å². The van der Waals surface area contributed by atoms with Gasteiger partial charge in [-0.05, 0) is 13.0 Å². The first-order chi connectivity index (χ1) is 6.99. The second-order valence-electron chi connectivity index (χ2n) is 3.22. The molecule has 6 nitrogen and oxygen atoms in total. The molecule has 0 saturated heterocycles. The van der Waals surface area contributed by atoms with E-state index in [9.17, 15) is 0 Å². The molecule has 1 heterocycles. The van der Waals surface area contributed by atoms with Crippen molar-refractivity contribution in [3.05, 3.63) is 17.9 Å².